The van der Waals surface area contributed by atoms with Gasteiger partial charge in [0.25, 0.3) is 0 Å². The van der Waals surface area contributed by atoms with Crippen molar-refractivity contribution in [2.75, 3.05) is 11.1 Å². The topological polar surface area (TPSA) is 50.9 Å². The van der Waals surface area contributed by atoms with Crippen LogP contribution in [-0.2, 0) is 0 Å². The molecule has 3 nitrogen and oxygen atoms in total. The van der Waals surface area contributed by atoms with Crippen molar-refractivity contribution < 1.29 is 0 Å². The maximum Gasteiger partial charge on any atom is 0.0954 e. The highest BCUT2D eigenvalue weighted by Crippen LogP contribution is 2.32. The third-order valence-electron chi connectivity index (χ3n) is 4.34. The molecule has 1 heterocycles. The van der Waals surface area contributed by atoms with Crippen molar-refractivity contribution in [1.29, 1.82) is 0 Å². The van der Waals surface area contributed by atoms with E-state index in [-0.39, 0.29) is 0 Å². The van der Waals surface area contributed by atoms with Crippen molar-refractivity contribution in [2.45, 2.75) is 38.6 Å². The molecule has 4 heteroatoms. The molecule has 2 aromatic rings. The fourth-order valence-corrected chi connectivity index (χ4v) is 3.48. The monoisotopic (exact) mass is 333 g/mol. The Morgan fingerprint density at radius 1 is 1.35 bits per heavy atom. The number of nitrogens with one attached hydrogen (secondary N) is 1. The summed E-state index contributed by atoms with van der Waals surface area (Å²) >= 11 is 3.46. The van der Waals surface area contributed by atoms with E-state index in [4.69, 9.17) is 5.73 Å². The molecule has 1 aliphatic rings. The third-order valence-corrected chi connectivity index (χ3v) is 4.77. The quantitative estimate of drug-likeness (QED) is 0.809. The summed E-state index contributed by atoms with van der Waals surface area (Å²) in [6.45, 7) is 2.27. The number of nitrogen functional groups attached to an aromatic ring is 1. The molecular formula is C16H20BrN3. The summed E-state index contributed by atoms with van der Waals surface area (Å²) in [6, 6.07) is 6.52. The van der Waals surface area contributed by atoms with E-state index in [2.05, 4.69) is 33.2 Å². The number of fused-ring (bicyclic) bond motifs is 1. The lowest BCUT2D eigenvalue weighted by Crippen LogP contribution is -2.24. The van der Waals surface area contributed by atoms with Crippen molar-refractivity contribution in [3.05, 3.63) is 28.9 Å². The number of nitrogens with two attached hydrogens (primary N) is 1. The number of anilines is 2. The zero-order chi connectivity index (χ0) is 14.1. The molecule has 1 unspecified atom stereocenters. The van der Waals surface area contributed by atoms with Crippen LogP contribution in [-0.4, -0.2) is 11.0 Å². The van der Waals surface area contributed by atoms with Gasteiger partial charge in [-0.2, -0.15) is 0 Å². The molecule has 0 bridgehead atoms. The Kier molecular flexibility index (Phi) is 3.83. The third kappa shape index (κ3) is 2.62. The van der Waals surface area contributed by atoms with E-state index in [0.717, 1.165) is 32.7 Å². The van der Waals surface area contributed by atoms with E-state index < -0.39 is 0 Å². The number of hydrogen-bond acceptors (Lipinski definition) is 3. The molecule has 0 saturated heterocycles. The van der Waals surface area contributed by atoms with Gasteiger partial charge in [0.1, 0.15) is 0 Å². The first-order chi connectivity index (χ1) is 9.65. The lowest BCUT2D eigenvalue weighted by atomic mass is 9.99. The van der Waals surface area contributed by atoms with Crippen LogP contribution in [0.4, 0.5) is 11.4 Å². The fourth-order valence-electron chi connectivity index (χ4n) is 3.15. The highest BCUT2D eigenvalue weighted by molar-refractivity contribution is 9.10. The first kappa shape index (κ1) is 13.7. The predicted octanol–water partition coefficient (Wildman–Crippen LogP) is 4.57. The van der Waals surface area contributed by atoms with Crippen LogP contribution < -0.4 is 11.1 Å². The van der Waals surface area contributed by atoms with E-state index >= 15 is 0 Å². The normalized spacial score (nSPS) is 17.5. The minimum Gasteiger partial charge on any atom is -0.398 e. The van der Waals surface area contributed by atoms with Crippen molar-refractivity contribution in [1.82, 2.24) is 4.98 Å². The van der Waals surface area contributed by atoms with Crippen molar-refractivity contribution >= 4 is 38.2 Å². The van der Waals surface area contributed by atoms with Gasteiger partial charge in [-0.15, -0.1) is 0 Å². The van der Waals surface area contributed by atoms with Crippen molar-refractivity contribution in [2.24, 2.45) is 5.92 Å². The summed E-state index contributed by atoms with van der Waals surface area (Å²) in [6.07, 6.45) is 7.22. The standard InChI is InChI=1S/C16H20BrN3/c1-10(11-4-2-3-5-11)20-15-7-6-14(18)13-8-12(17)9-19-16(13)15/h6-11,20H,2-5,18H2,1H3. The molecule has 1 aromatic carbocycles. The summed E-state index contributed by atoms with van der Waals surface area (Å²) < 4.78 is 0.956. The molecule has 0 spiro atoms. The summed E-state index contributed by atoms with van der Waals surface area (Å²) in [5.41, 5.74) is 8.87. The average Bonchev–Trinajstić information content (AvgIpc) is 2.96. The Balaban J connectivity index is 1.93. The number of aromatic nitrogens is 1. The molecule has 20 heavy (non-hydrogen) atoms. The highest BCUT2D eigenvalue weighted by Gasteiger charge is 2.22. The second-order valence-electron chi connectivity index (χ2n) is 5.73. The number of rotatable bonds is 3. The molecule has 0 aliphatic heterocycles. The Morgan fingerprint density at radius 2 is 2.10 bits per heavy atom. The molecule has 0 radical (unpaired) electrons. The highest BCUT2D eigenvalue weighted by atomic mass is 79.9. The van der Waals surface area contributed by atoms with Crippen LogP contribution in [0.15, 0.2) is 28.9 Å². The van der Waals surface area contributed by atoms with E-state index in [0.29, 0.717) is 6.04 Å². The zero-order valence-corrected chi connectivity index (χ0v) is 13.3. The number of halogens is 1. The van der Waals surface area contributed by atoms with Gasteiger partial charge < -0.3 is 11.1 Å². The van der Waals surface area contributed by atoms with Crippen LogP contribution in [0.1, 0.15) is 32.6 Å². The minimum absolute atomic E-state index is 0.481. The van der Waals surface area contributed by atoms with Gasteiger partial charge in [0, 0.05) is 27.8 Å². The van der Waals surface area contributed by atoms with Gasteiger partial charge >= 0.3 is 0 Å². The second kappa shape index (κ2) is 5.60. The summed E-state index contributed by atoms with van der Waals surface area (Å²) in [7, 11) is 0. The van der Waals surface area contributed by atoms with Crippen LogP contribution in [0.2, 0.25) is 0 Å². The van der Waals surface area contributed by atoms with Crippen molar-refractivity contribution in [3.63, 3.8) is 0 Å². The van der Waals surface area contributed by atoms with Gasteiger partial charge in [-0.25, -0.2) is 0 Å². The van der Waals surface area contributed by atoms with E-state index in [1.165, 1.54) is 25.7 Å². The van der Waals surface area contributed by atoms with E-state index in [1.54, 1.807) is 0 Å². The molecule has 3 N–H and O–H groups in total. The Morgan fingerprint density at radius 3 is 2.85 bits per heavy atom. The first-order valence-corrected chi connectivity index (χ1v) is 8.05. The molecule has 1 atom stereocenters. The fraction of sp³-hybridized carbons (Fsp3) is 0.438. The lowest BCUT2D eigenvalue weighted by Gasteiger charge is -2.22. The van der Waals surface area contributed by atoms with Gasteiger partial charge in [0.2, 0.25) is 0 Å². The Labute approximate surface area is 128 Å². The van der Waals surface area contributed by atoms with Gasteiger partial charge in [0.05, 0.1) is 11.2 Å². The Hall–Kier alpha value is -1.29. The summed E-state index contributed by atoms with van der Waals surface area (Å²) in [5, 5.41) is 4.64. The van der Waals surface area contributed by atoms with Crippen molar-refractivity contribution in [3.8, 4) is 0 Å². The molecule has 1 saturated carbocycles. The molecule has 1 aliphatic carbocycles. The zero-order valence-electron chi connectivity index (χ0n) is 11.7. The number of hydrogen-bond donors (Lipinski definition) is 2. The van der Waals surface area contributed by atoms with Crippen LogP contribution in [0, 0.1) is 5.92 Å². The van der Waals surface area contributed by atoms with Crippen LogP contribution >= 0.6 is 15.9 Å². The van der Waals surface area contributed by atoms with Gasteiger partial charge in [-0.05, 0) is 59.8 Å². The summed E-state index contributed by atoms with van der Waals surface area (Å²) in [4.78, 5) is 4.53. The largest absolute Gasteiger partial charge is 0.398 e. The molecule has 0 amide bonds. The van der Waals surface area contributed by atoms with Crippen LogP contribution in [0.5, 0.6) is 0 Å². The molecule has 1 aromatic heterocycles. The van der Waals surface area contributed by atoms with E-state index in [9.17, 15) is 0 Å². The van der Waals surface area contributed by atoms with E-state index in [1.807, 2.05) is 24.4 Å². The maximum atomic E-state index is 6.06. The SMILES string of the molecule is CC(Nc1ccc(N)c2cc(Br)cnc12)C1CCCC1. The molecular weight excluding hydrogens is 314 g/mol. The second-order valence-corrected chi connectivity index (χ2v) is 6.65. The number of nitrogens with zero attached hydrogens (tertiary/aromatic N) is 1. The number of benzene rings is 1. The first-order valence-electron chi connectivity index (χ1n) is 7.25. The molecule has 3 rings (SSSR count). The maximum absolute atomic E-state index is 6.06. The van der Waals surface area contributed by atoms with Crippen LogP contribution in [0.25, 0.3) is 10.9 Å². The smallest absolute Gasteiger partial charge is 0.0954 e. The molecule has 106 valence electrons. The summed E-state index contributed by atoms with van der Waals surface area (Å²) in [5.74, 6) is 0.776. The minimum atomic E-state index is 0.481. The lowest BCUT2D eigenvalue weighted by molar-refractivity contribution is 0.482. The average molecular weight is 334 g/mol. The van der Waals surface area contributed by atoms with Gasteiger partial charge in [0.15, 0.2) is 0 Å². The Bertz CT molecular complexity index is 620. The van der Waals surface area contributed by atoms with Gasteiger partial charge in [-0.3, -0.25) is 4.98 Å². The van der Waals surface area contributed by atoms with Crippen LogP contribution in [0.3, 0.4) is 0 Å². The molecule has 1 fully saturated rings. The number of pyridine rings is 1. The van der Waals surface area contributed by atoms with Gasteiger partial charge in [-0.1, -0.05) is 12.8 Å². The predicted molar refractivity (Wildman–Crippen MR) is 88.9 cm³/mol.